The van der Waals surface area contributed by atoms with Crippen molar-refractivity contribution in [2.75, 3.05) is 25.5 Å². The Kier molecular flexibility index (Phi) is 8.35. The first-order chi connectivity index (χ1) is 13.1. The Morgan fingerprint density at radius 1 is 1.07 bits per heavy atom. The Bertz CT molecular complexity index is 683. The van der Waals surface area contributed by atoms with Crippen LogP contribution in [0.1, 0.15) is 37.7 Å². The van der Waals surface area contributed by atoms with Gasteiger partial charge in [0.2, 0.25) is 5.91 Å². The van der Waals surface area contributed by atoms with Crippen LogP contribution in [0.4, 0.5) is 10.5 Å². The molecule has 0 saturated carbocycles. The molecule has 1 aromatic rings. The maximum Gasteiger partial charge on any atom is 0.325 e. The van der Waals surface area contributed by atoms with Gasteiger partial charge in [-0.05, 0) is 49.8 Å². The fourth-order valence-electron chi connectivity index (χ4n) is 2.84. The molecule has 27 heavy (non-hydrogen) atoms. The zero-order chi connectivity index (χ0) is 19.5. The second kappa shape index (κ2) is 11.0. The third-order valence-corrected chi connectivity index (χ3v) is 4.35. The molecule has 2 rings (SSSR count). The van der Waals surface area contributed by atoms with E-state index in [1.807, 2.05) is 0 Å². The predicted molar refractivity (Wildman–Crippen MR) is 103 cm³/mol. The SMILES string of the molecule is COC(=O)CNC(=O)Cc1ccc(NC(=O)NCCC2=CCCCC2)cc1. The number of ether oxygens (including phenoxy) is 1. The van der Waals surface area contributed by atoms with Crippen molar-refractivity contribution in [3.8, 4) is 0 Å². The minimum absolute atomic E-state index is 0.147. The standard InChI is InChI=1S/C20H27N3O4/c1-27-19(25)14-22-18(24)13-16-7-9-17(10-8-16)23-20(26)21-12-11-15-5-3-2-4-6-15/h5,7-10H,2-4,6,11-14H2,1H3,(H,22,24)(H2,21,23,26). The Morgan fingerprint density at radius 2 is 1.85 bits per heavy atom. The first kappa shape index (κ1) is 20.5. The molecule has 0 fully saturated rings. The van der Waals surface area contributed by atoms with Gasteiger partial charge in [-0.2, -0.15) is 0 Å². The molecule has 3 amide bonds. The van der Waals surface area contributed by atoms with Gasteiger partial charge < -0.3 is 20.7 Å². The van der Waals surface area contributed by atoms with Gasteiger partial charge in [0.25, 0.3) is 0 Å². The summed E-state index contributed by atoms with van der Waals surface area (Å²) in [5.41, 5.74) is 2.87. The zero-order valence-corrected chi connectivity index (χ0v) is 15.7. The van der Waals surface area contributed by atoms with E-state index in [0.29, 0.717) is 12.2 Å². The van der Waals surface area contributed by atoms with Gasteiger partial charge in [-0.25, -0.2) is 4.79 Å². The van der Waals surface area contributed by atoms with Gasteiger partial charge >= 0.3 is 12.0 Å². The largest absolute Gasteiger partial charge is 0.468 e. The molecule has 0 radical (unpaired) electrons. The normalized spacial score (nSPS) is 13.3. The van der Waals surface area contributed by atoms with Crippen LogP contribution >= 0.6 is 0 Å². The molecule has 1 aromatic carbocycles. The topological polar surface area (TPSA) is 96.5 Å². The third kappa shape index (κ3) is 7.94. The number of nitrogens with one attached hydrogen (secondary N) is 3. The van der Waals surface area contributed by atoms with E-state index in [0.717, 1.165) is 24.8 Å². The van der Waals surface area contributed by atoms with Crippen LogP contribution in [0.3, 0.4) is 0 Å². The van der Waals surface area contributed by atoms with Gasteiger partial charge in [0.15, 0.2) is 0 Å². The van der Waals surface area contributed by atoms with Gasteiger partial charge in [0.05, 0.1) is 13.5 Å². The number of anilines is 1. The maximum atomic E-state index is 11.9. The zero-order valence-electron chi connectivity index (χ0n) is 15.7. The van der Waals surface area contributed by atoms with E-state index < -0.39 is 5.97 Å². The summed E-state index contributed by atoms with van der Waals surface area (Å²) in [5, 5.41) is 8.12. The first-order valence-corrected chi connectivity index (χ1v) is 9.22. The molecule has 0 spiro atoms. The second-order valence-electron chi connectivity index (χ2n) is 6.47. The van der Waals surface area contributed by atoms with Crippen LogP contribution in [-0.2, 0) is 20.7 Å². The third-order valence-electron chi connectivity index (χ3n) is 4.35. The molecule has 0 unspecified atom stereocenters. The second-order valence-corrected chi connectivity index (χ2v) is 6.47. The van der Waals surface area contributed by atoms with Crippen molar-refractivity contribution in [1.29, 1.82) is 0 Å². The number of urea groups is 1. The van der Waals surface area contributed by atoms with Gasteiger partial charge in [-0.15, -0.1) is 0 Å². The molecule has 0 heterocycles. The highest BCUT2D eigenvalue weighted by molar-refractivity contribution is 5.89. The van der Waals surface area contributed by atoms with E-state index in [2.05, 4.69) is 26.8 Å². The molecular formula is C20H27N3O4. The Balaban J connectivity index is 1.69. The minimum atomic E-state index is -0.492. The first-order valence-electron chi connectivity index (χ1n) is 9.22. The van der Waals surface area contributed by atoms with Gasteiger partial charge in [-0.3, -0.25) is 9.59 Å². The lowest BCUT2D eigenvalue weighted by Crippen LogP contribution is -2.31. The number of esters is 1. The molecule has 3 N–H and O–H groups in total. The van der Waals surface area contributed by atoms with Crippen molar-refractivity contribution in [3.05, 3.63) is 41.5 Å². The summed E-state index contributed by atoms with van der Waals surface area (Å²) in [7, 11) is 1.27. The minimum Gasteiger partial charge on any atom is -0.468 e. The van der Waals surface area contributed by atoms with Crippen LogP contribution in [0.5, 0.6) is 0 Å². The van der Waals surface area contributed by atoms with Crippen molar-refractivity contribution in [3.63, 3.8) is 0 Å². The molecule has 146 valence electrons. The van der Waals surface area contributed by atoms with E-state index in [9.17, 15) is 14.4 Å². The van der Waals surface area contributed by atoms with E-state index in [-0.39, 0.29) is 24.9 Å². The molecule has 7 nitrogen and oxygen atoms in total. The van der Waals surface area contributed by atoms with Crippen LogP contribution in [0, 0.1) is 0 Å². The molecule has 0 atom stereocenters. The number of allylic oxidation sites excluding steroid dienone is 1. The van der Waals surface area contributed by atoms with Gasteiger partial charge in [0.1, 0.15) is 6.54 Å². The van der Waals surface area contributed by atoms with Crippen LogP contribution < -0.4 is 16.0 Å². The number of benzene rings is 1. The molecule has 7 heteroatoms. The van der Waals surface area contributed by atoms with E-state index in [1.165, 1.54) is 25.5 Å². The highest BCUT2D eigenvalue weighted by Gasteiger charge is 2.08. The lowest BCUT2D eigenvalue weighted by atomic mass is 9.97. The van der Waals surface area contributed by atoms with Crippen molar-refractivity contribution in [1.82, 2.24) is 10.6 Å². The Hall–Kier alpha value is -2.83. The van der Waals surface area contributed by atoms with Gasteiger partial charge in [-0.1, -0.05) is 23.8 Å². The van der Waals surface area contributed by atoms with E-state index >= 15 is 0 Å². The van der Waals surface area contributed by atoms with E-state index in [4.69, 9.17) is 0 Å². The van der Waals surface area contributed by atoms with Crippen LogP contribution in [0.25, 0.3) is 0 Å². The number of amides is 3. The Labute approximate surface area is 159 Å². The number of carbonyl (C=O) groups excluding carboxylic acids is 3. The average molecular weight is 373 g/mol. The summed E-state index contributed by atoms with van der Waals surface area (Å²) in [6.07, 6.45) is 8.12. The fraction of sp³-hybridized carbons (Fsp3) is 0.450. The monoisotopic (exact) mass is 373 g/mol. The molecule has 0 bridgehead atoms. The van der Waals surface area contributed by atoms with Crippen LogP contribution in [0.15, 0.2) is 35.9 Å². The summed E-state index contributed by atoms with van der Waals surface area (Å²) in [4.78, 5) is 34.7. The fourth-order valence-corrected chi connectivity index (χ4v) is 2.84. The average Bonchev–Trinajstić information content (AvgIpc) is 2.68. The number of rotatable bonds is 8. The maximum absolute atomic E-state index is 11.9. The highest BCUT2D eigenvalue weighted by atomic mass is 16.5. The quantitative estimate of drug-likeness (QED) is 0.482. The molecule has 1 aliphatic carbocycles. The van der Waals surface area contributed by atoms with Crippen LogP contribution in [0.2, 0.25) is 0 Å². The predicted octanol–water partition coefficient (Wildman–Crippen LogP) is 2.53. The van der Waals surface area contributed by atoms with Crippen molar-refractivity contribution in [2.24, 2.45) is 0 Å². The summed E-state index contributed by atoms with van der Waals surface area (Å²) >= 11 is 0. The summed E-state index contributed by atoms with van der Waals surface area (Å²) in [6.45, 7) is 0.474. The van der Waals surface area contributed by atoms with Crippen molar-refractivity contribution < 1.29 is 19.1 Å². The highest BCUT2D eigenvalue weighted by Crippen LogP contribution is 2.19. The number of hydrogen-bond acceptors (Lipinski definition) is 4. The van der Waals surface area contributed by atoms with Crippen LogP contribution in [-0.4, -0.2) is 38.1 Å². The summed E-state index contributed by atoms with van der Waals surface area (Å²) in [6, 6.07) is 6.77. The lowest BCUT2D eigenvalue weighted by molar-refractivity contribution is -0.141. The molecule has 0 aliphatic heterocycles. The van der Waals surface area contributed by atoms with Crippen molar-refractivity contribution >= 4 is 23.6 Å². The van der Waals surface area contributed by atoms with Gasteiger partial charge in [0, 0.05) is 12.2 Å². The Morgan fingerprint density at radius 3 is 2.52 bits per heavy atom. The van der Waals surface area contributed by atoms with Crippen molar-refractivity contribution in [2.45, 2.75) is 38.5 Å². The number of carbonyl (C=O) groups is 3. The molecule has 0 aromatic heterocycles. The molecular weight excluding hydrogens is 346 g/mol. The smallest absolute Gasteiger partial charge is 0.325 e. The molecule has 0 saturated heterocycles. The lowest BCUT2D eigenvalue weighted by Gasteiger charge is -2.13. The number of hydrogen-bond donors (Lipinski definition) is 3. The summed E-state index contributed by atoms with van der Waals surface area (Å²) < 4.78 is 4.46. The summed E-state index contributed by atoms with van der Waals surface area (Å²) in [5.74, 6) is -0.760. The van der Waals surface area contributed by atoms with E-state index in [1.54, 1.807) is 24.3 Å². The number of methoxy groups -OCH3 is 1. The molecule has 1 aliphatic rings.